The van der Waals surface area contributed by atoms with E-state index in [-0.39, 0.29) is 30.0 Å². The molecule has 4 rings (SSSR count). The molecule has 0 bridgehead atoms. The number of hydrogen-bond acceptors (Lipinski definition) is 6. The van der Waals surface area contributed by atoms with Crippen LogP contribution in [0.3, 0.4) is 0 Å². The maximum Gasteiger partial charge on any atom is 0.429 e. The van der Waals surface area contributed by atoms with Crippen LogP contribution < -0.4 is 5.32 Å². The highest BCUT2D eigenvalue weighted by molar-refractivity contribution is 5.98. The van der Waals surface area contributed by atoms with E-state index in [1.54, 1.807) is 30.4 Å². The molecule has 1 fully saturated rings. The van der Waals surface area contributed by atoms with Gasteiger partial charge in [-0.2, -0.15) is 13.2 Å². The molecule has 1 aliphatic carbocycles. The molecule has 1 aromatic carbocycles. The summed E-state index contributed by atoms with van der Waals surface area (Å²) in [6.45, 7) is 3.16. The maximum absolute atomic E-state index is 14.3. The summed E-state index contributed by atoms with van der Waals surface area (Å²) in [5.74, 6) is -2.48. The lowest BCUT2D eigenvalue weighted by molar-refractivity contribution is -0.183. The number of hydrogen-bond donors (Lipinski definition) is 2. The van der Waals surface area contributed by atoms with Crippen molar-refractivity contribution in [1.29, 1.82) is 0 Å². The van der Waals surface area contributed by atoms with Gasteiger partial charge >= 0.3 is 6.18 Å². The first kappa shape index (κ1) is 32.6. The molecule has 44 heavy (non-hydrogen) atoms. The summed E-state index contributed by atoms with van der Waals surface area (Å²) in [6.07, 6.45) is 5.30. The third kappa shape index (κ3) is 8.42. The maximum atomic E-state index is 14.3. The van der Waals surface area contributed by atoms with Gasteiger partial charge in [-0.05, 0) is 63.8 Å². The molecule has 0 saturated carbocycles. The Morgan fingerprint density at radius 1 is 1.20 bits per heavy atom. The Labute approximate surface area is 252 Å². The van der Waals surface area contributed by atoms with Gasteiger partial charge in [0.15, 0.2) is 11.6 Å². The van der Waals surface area contributed by atoms with E-state index in [9.17, 15) is 31.9 Å². The van der Waals surface area contributed by atoms with Crippen molar-refractivity contribution in [1.82, 2.24) is 10.2 Å². The zero-order valence-electron chi connectivity index (χ0n) is 24.3. The van der Waals surface area contributed by atoms with Crippen molar-refractivity contribution in [2.24, 2.45) is 9.98 Å². The molecule has 2 aliphatic heterocycles. The first-order valence-electron chi connectivity index (χ1n) is 14.1. The zero-order chi connectivity index (χ0) is 31.9. The van der Waals surface area contributed by atoms with Gasteiger partial charge in [-0.3, -0.25) is 4.79 Å². The van der Waals surface area contributed by atoms with Crippen LogP contribution in [0, 0.1) is 11.6 Å². The Kier molecular flexibility index (Phi) is 10.4. The molecule has 1 saturated heterocycles. The number of nitrogens with one attached hydrogen (secondary N) is 1. The van der Waals surface area contributed by atoms with E-state index < -0.39 is 42.0 Å². The van der Waals surface area contributed by atoms with E-state index in [1.165, 1.54) is 32.2 Å². The lowest BCUT2D eigenvalue weighted by Gasteiger charge is -2.39. The number of amidine groups is 1. The average molecular weight is 617 g/mol. The molecular formula is C32H33F5N4O3. The van der Waals surface area contributed by atoms with Crippen LogP contribution in [0.2, 0.25) is 0 Å². The second kappa shape index (κ2) is 14.0. The Morgan fingerprint density at radius 2 is 1.95 bits per heavy atom. The van der Waals surface area contributed by atoms with Crippen LogP contribution in [0.1, 0.15) is 45.1 Å². The second-order valence-electron chi connectivity index (χ2n) is 10.8. The summed E-state index contributed by atoms with van der Waals surface area (Å²) < 4.78 is 74.3. The van der Waals surface area contributed by atoms with Crippen molar-refractivity contribution < 1.29 is 36.6 Å². The van der Waals surface area contributed by atoms with E-state index >= 15 is 0 Å². The van der Waals surface area contributed by atoms with Crippen molar-refractivity contribution in [2.45, 2.75) is 57.4 Å². The van der Waals surface area contributed by atoms with Crippen LogP contribution in [0.25, 0.3) is 0 Å². The largest absolute Gasteiger partial charge is 0.460 e. The van der Waals surface area contributed by atoms with Crippen LogP contribution in [0.5, 0.6) is 0 Å². The van der Waals surface area contributed by atoms with Gasteiger partial charge in [0.1, 0.15) is 12.4 Å². The number of aliphatic hydroxyl groups is 1. The van der Waals surface area contributed by atoms with Crippen LogP contribution in [-0.4, -0.2) is 59.6 Å². The predicted molar refractivity (Wildman–Crippen MR) is 156 cm³/mol. The van der Waals surface area contributed by atoms with Gasteiger partial charge in [0.25, 0.3) is 0 Å². The van der Waals surface area contributed by atoms with Gasteiger partial charge in [0, 0.05) is 24.2 Å². The highest BCUT2D eigenvalue weighted by Crippen LogP contribution is 2.35. The Balaban J connectivity index is 1.38. The quantitative estimate of drug-likeness (QED) is 0.131. The standard InChI is InChI=1S/C32H33F5N4O3/c1-21(2)19-26(32(35,36)37)44-30(22-7-4-3-5-8-22)39-20-28(42)40-23-11-12-27(38-16-13-23)41-17-14-31(43,15-18-41)24-9-6-10-25(33)29(24)34/h4,6-12,16,19,26,43H,3,5,14-15,17-18,20H2,1-2H3,(H,40,42). The van der Waals surface area contributed by atoms with Crippen LogP contribution in [0.4, 0.5) is 22.0 Å². The van der Waals surface area contributed by atoms with E-state index in [0.717, 1.165) is 18.6 Å². The van der Waals surface area contributed by atoms with Crippen molar-refractivity contribution in [3.05, 3.63) is 101 Å². The lowest BCUT2D eigenvalue weighted by atomic mass is 9.84. The van der Waals surface area contributed by atoms with Crippen molar-refractivity contribution in [2.75, 3.05) is 19.6 Å². The van der Waals surface area contributed by atoms with E-state index in [2.05, 4.69) is 21.0 Å². The minimum atomic E-state index is -4.68. The van der Waals surface area contributed by atoms with Crippen LogP contribution in [-0.2, 0) is 15.1 Å². The normalized spacial score (nSPS) is 19.0. The second-order valence-corrected chi connectivity index (χ2v) is 10.8. The average Bonchev–Trinajstić information content (AvgIpc) is 3.21. The van der Waals surface area contributed by atoms with Gasteiger partial charge in [-0.1, -0.05) is 41.7 Å². The third-order valence-electron chi connectivity index (χ3n) is 7.11. The summed E-state index contributed by atoms with van der Waals surface area (Å²) in [7, 11) is 0. The Hall–Kier alpha value is -4.28. The third-order valence-corrected chi connectivity index (χ3v) is 7.11. The molecule has 0 radical (unpaired) electrons. The van der Waals surface area contributed by atoms with Gasteiger partial charge in [-0.25, -0.2) is 18.8 Å². The number of amides is 1. The minimum absolute atomic E-state index is 0.0834. The summed E-state index contributed by atoms with van der Waals surface area (Å²) in [6, 6.07) is 3.73. The van der Waals surface area contributed by atoms with E-state index in [4.69, 9.17) is 4.74 Å². The van der Waals surface area contributed by atoms with Crippen molar-refractivity contribution in [3.8, 4) is 0 Å². The van der Waals surface area contributed by atoms with E-state index in [0.29, 0.717) is 36.5 Å². The number of carbonyl (C=O) groups is 1. The number of allylic oxidation sites excluding steroid dienone is 4. The number of halogens is 5. The Morgan fingerprint density at radius 3 is 2.61 bits per heavy atom. The van der Waals surface area contributed by atoms with E-state index in [1.807, 2.05) is 4.90 Å². The number of likely N-dealkylation sites (tertiary alicyclic amines) is 1. The fourth-order valence-electron chi connectivity index (χ4n) is 4.84. The van der Waals surface area contributed by atoms with Gasteiger partial charge < -0.3 is 20.1 Å². The molecular weight excluding hydrogens is 583 g/mol. The smallest absolute Gasteiger partial charge is 0.429 e. The lowest BCUT2D eigenvalue weighted by Crippen LogP contribution is -2.45. The number of ether oxygens (including phenoxy) is 1. The Bertz CT molecular complexity index is 1500. The molecule has 234 valence electrons. The molecule has 3 aliphatic rings. The number of aliphatic imine (C=N–C) groups is 2. The SMILES string of the molecule is CC(C)=CC(OC(=NCC(=O)NC1=C=CN=C(N2CCC(O)(c3cccc(F)c3F)CC2)C=C1)C1=CCCC=C1)C(F)(F)F. The molecule has 12 heteroatoms. The number of benzene rings is 1. The van der Waals surface area contributed by atoms with Gasteiger partial charge in [-0.15, -0.1) is 0 Å². The zero-order valence-corrected chi connectivity index (χ0v) is 24.3. The molecule has 2 heterocycles. The molecule has 1 atom stereocenters. The highest BCUT2D eigenvalue weighted by Gasteiger charge is 2.41. The predicted octanol–water partition coefficient (Wildman–Crippen LogP) is 5.92. The highest BCUT2D eigenvalue weighted by atomic mass is 19.4. The number of piperidine rings is 1. The number of rotatable bonds is 7. The summed E-state index contributed by atoms with van der Waals surface area (Å²) >= 11 is 0. The first-order chi connectivity index (χ1) is 20.9. The number of alkyl halides is 3. The minimum Gasteiger partial charge on any atom is -0.460 e. The van der Waals surface area contributed by atoms with Crippen molar-refractivity contribution >= 4 is 17.6 Å². The number of nitrogens with zero attached hydrogens (tertiary/aromatic N) is 3. The molecule has 1 unspecified atom stereocenters. The summed E-state index contributed by atoms with van der Waals surface area (Å²) in [5, 5.41) is 13.6. The molecule has 0 aromatic heterocycles. The van der Waals surface area contributed by atoms with Crippen LogP contribution >= 0.6 is 0 Å². The summed E-state index contributed by atoms with van der Waals surface area (Å²) in [4.78, 5) is 23.0. The fraction of sp³-hybridized carbons (Fsp3) is 0.375. The fourth-order valence-corrected chi connectivity index (χ4v) is 4.84. The monoisotopic (exact) mass is 616 g/mol. The molecule has 0 spiro atoms. The molecule has 7 nitrogen and oxygen atoms in total. The van der Waals surface area contributed by atoms with Gasteiger partial charge in [0.05, 0.1) is 17.5 Å². The van der Waals surface area contributed by atoms with Gasteiger partial charge in [0.2, 0.25) is 17.9 Å². The van der Waals surface area contributed by atoms with Crippen LogP contribution in [0.15, 0.2) is 93.4 Å². The first-order valence-corrected chi connectivity index (χ1v) is 14.1. The summed E-state index contributed by atoms with van der Waals surface area (Å²) in [5.41, 5.74) is 2.24. The molecule has 1 amide bonds. The topological polar surface area (TPSA) is 86.5 Å². The van der Waals surface area contributed by atoms with Crippen molar-refractivity contribution in [3.63, 3.8) is 0 Å². The molecule has 2 N–H and O–H groups in total. The molecule has 1 aromatic rings. The number of carbonyl (C=O) groups excluding carboxylic acids is 1.